The number of piperidine rings is 1. The van der Waals surface area contributed by atoms with Crippen LogP contribution in [0.5, 0.6) is 11.5 Å². The Bertz CT molecular complexity index is 487. The molecule has 4 aliphatic rings. The molecule has 0 aliphatic carbocycles. The van der Waals surface area contributed by atoms with Crippen LogP contribution >= 0.6 is 0 Å². The summed E-state index contributed by atoms with van der Waals surface area (Å²) in [6, 6.07) is 6.30. The van der Waals surface area contributed by atoms with Crippen LogP contribution in [0.4, 0.5) is 0 Å². The summed E-state index contributed by atoms with van der Waals surface area (Å²) in [6.45, 7) is 2.80. The van der Waals surface area contributed by atoms with E-state index in [0.717, 1.165) is 17.4 Å². The average molecular weight is 229 g/mol. The molecule has 2 bridgehead atoms. The number of benzene rings is 1. The molecular weight excluding hydrogens is 214 g/mol. The second kappa shape index (κ2) is 3.42. The lowest BCUT2D eigenvalue weighted by atomic mass is 9.82. The first-order valence-corrected chi connectivity index (χ1v) is 6.26. The Morgan fingerprint density at radius 3 is 2.65 bits per heavy atom. The Hall–Kier alpha value is -1.64. The van der Waals surface area contributed by atoms with Gasteiger partial charge < -0.3 is 14.4 Å². The number of hydrogen-bond acceptors (Lipinski definition) is 3. The minimum Gasteiger partial charge on any atom is -0.454 e. The largest absolute Gasteiger partial charge is 0.454 e. The van der Waals surface area contributed by atoms with Crippen molar-refractivity contribution in [1.82, 2.24) is 4.90 Å². The highest BCUT2D eigenvalue weighted by atomic mass is 16.7. The van der Waals surface area contributed by atoms with Crippen LogP contribution in [0, 0.1) is 5.92 Å². The smallest absolute Gasteiger partial charge is 0.231 e. The molecule has 4 aliphatic heterocycles. The molecule has 1 aromatic rings. The Kier molecular flexibility index (Phi) is 1.89. The third-order valence-corrected chi connectivity index (χ3v) is 4.00. The standard InChI is InChI=1S/C14H15NO2/c1-2-13-14(17-9-16-13)7-11(1)12-8-15-5-3-10(12)4-6-15/h1-2,7-8,10H,3-6,9H2. The third kappa shape index (κ3) is 1.42. The van der Waals surface area contributed by atoms with E-state index in [9.17, 15) is 0 Å². The highest BCUT2D eigenvalue weighted by Gasteiger charge is 2.28. The maximum absolute atomic E-state index is 5.45. The van der Waals surface area contributed by atoms with Crippen molar-refractivity contribution in [3.63, 3.8) is 0 Å². The van der Waals surface area contributed by atoms with E-state index in [-0.39, 0.29) is 0 Å². The molecular formula is C14H15NO2. The molecule has 3 nitrogen and oxygen atoms in total. The lowest BCUT2D eigenvalue weighted by Crippen LogP contribution is -2.35. The van der Waals surface area contributed by atoms with Gasteiger partial charge in [-0.25, -0.2) is 0 Å². The van der Waals surface area contributed by atoms with Gasteiger partial charge in [-0.2, -0.15) is 0 Å². The van der Waals surface area contributed by atoms with Crippen LogP contribution in [0.15, 0.2) is 24.4 Å². The lowest BCUT2D eigenvalue weighted by molar-refractivity contribution is 0.174. The molecule has 1 fully saturated rings. The van der Waals surface area contributed by atoms with Gasteiger partial charge in [0.25, 0.3) is 0 Å². The van der Waals surface area contributed by atoms with Gasteiger partial charge in [-0.15, -0.1) is 0 Å². The van der Waals surface area contributed by atoms with E-state index in [4.69, 9.17) is 9.47 Å². The highest BCUT2D eigenvalue weighted by molar-refractivity contribution is 5.71. The van der Waals surface area contributed by atoms with Gasteiger partial charge in [0.05, 0.1) is 0 Å². The van der Waals surface area contributed by atoms with Crippen molar-refractivity contribution in [1.29, 1.82) is 0 Å². The second-order valence-corrected chi connectivity index (χ2v) is 4.96. The summed E-state index contributed by atoms with van der Waals surface area (Å²) in [5, 5.41) is 0. The molecule has 0 atom stereocenters. The van der Waals surface area contributed by atoms with E-state index in [2.05, 4.69) is 23.2 Å². The molecule has 0 spiro atoms. The van der Waals surface area contributed by atoms with Crippen molar-refractivity contribution < 1.29 is 9.47 Å². The molecule has 88 valence electrons. The summed E-state index contributed by atoms with van der Waals surface area (Å²) in [7, 11) is 0. The maximum atomic E-state index is 5.45. The number of fused-ring (bicyclic) bond motifs is 3. The van der Waals surface area contributed by atoms with Gasteiger partial charge in [-0.3, -0.25) is 0 Å². The molecule has 0 unspecified atom stereocenters. The van der Waals surface area contributed by atoms with Crippen LogP contribution in [0.3, 0.4) is 0 Å². The summed E-state index contributed by atoms with van der Waals surface area (Å²) >= 11 is 0. The van der Waals surface area contributed by atoms with Crippen LogP contribution in [-0.4, -0.2) is 24.8 Å². The van der Waals surface area contributed by atoms with Gasteiger partial charge in [-0.1, -0.05) is 6.07 Å². The minimum atomic E-state index is 0.355. The van der Waals surface area contributed by atoms with Gasteiger partial charge in [0.2, 0.25) is 6.79 Å². The second-order valence-electron chi connectivity index (χ2n) is 4.96. The molecule has 0 aromatic heterocycles. The van der Waals surface area contributed by atoms with Crippen molar-refractivity contribution in [2.75, 3.05) is 19.9 Å². The van der Waals surface area contributed by atoms with E-state index in [1.807, 2.05) is 6.07 Å². The summed E-state index contributed by atoms with van der Waals surface area (Å²) in [6.07, 6.45) is 4.91. The van der Waals surface area contributed by atoms with Gasteiger partial charge in [0.15, 0.2) is 11.5 Å². The summed E-state index contributed by atoms with van der Waals surface area (Å²) in [5.41, 5.74) is 2.77. The fraction of sp³-hybridized carbons (Fsp3) is 0.429. The molecule has 1 saturated heterocycles. The van der Waals surface area contributed by atoms with E-state index in [0.29, 0.717) is 6.79 Å². The fourth-order valence-electron chi connectivity index (χ4n) is 3.03. The predicted octanol–water partition coefficient (Wildman–Crippen LogP) is 2.48. The fourth-order valence-corrected chi connectivity index (χ4v) is 3.03. The van der Waals surface area contributed by atoms with Crippen LogP contribution in [-0.2, 0) is 0 Å². The van der Waals surface area contributed by atoms with E-state index >= 15 is 0 Å². The Morgan fingerprint density at radius 1 is 1.06 bits per heavy atom. The molecule has 5 rings (SSSR count). The molecule has 1 aromatic carbocycles. The number of rotatable bonds is 1. The van der Waals surface area contributed by atoms with Crippen molar-refractivity contribution in [2.45, 2.75) is 12.8 Å². The molecule has 4 heterocycles. The van der Waals surface area contributed by atoms with Crippen molar-refractivity contribution in [3.8, 4) is 11.5 Å². The first-order chi connectivity index (χ1) is 8.40. The van der Waals surface area contributed by atoms with E-state index in [1.54, 1.807) is 0 Å². The minimum absolute atomic E-state index is 0.355. The van der Waals surface area contributed by atoms with Crippen molar-refractivity contribution >= 4 is 5.57 Å². The molecule has 0 radical (unpaired) electrons. The SMILES string of the molecule is C1=C(c2ccc3c(c2)OCO3)C2CCN1CC2. The first-order valence-electron chi connectivity index (χ1n) is 6.26. The van der Waals surface area contributed by atoms with Crippen molar-refractivity contribution in [3.05, 3.63) is 30.0 Å². The quantitative estimate of drug-likeness (QED) is 0.738. The predicted molar refractivity (Wildman–Crippen MR) is 64.8 cm³/mol. The number of allylic oxidation sites excluding steroid dienone is 1. The summed E-state index contributed by atoms with van der Waals surface area (Å²) in [5.74, 6) is 2.50. The zero-order valence-electron chi connectivity index (χ0n) is 9.69. The summed E-state index contributed by atoms with van der Waals surface area (Å²) in [4.78, 5) is 2.43. The Balaban J connectivity index is 1.75. The molecule has 0 amide bonds. The lowest BCUT2D eigenvalue weighted by Gasteiger charge is -2.39. The third-order valence-electron chi connectivity index (χ3n) is 4.00. The zero-order valence-corrected chi connectivity index (χ0v) is 9.69. The molecule has 0 N–H and O–H groups in total. The Labute approximate surface area is 101 Å². The summed E-state index contributed by atoms with van der Waals surface area (Å²) < 4.78 is 10.8. The van der Waals surface area contributed by atoms with Crippen LogP contribution < -0.4 is 9.47 Å². The molecule has 3 heteroatoms. The number of nitrogens with zero attached hydrogens (tertiary/aromatic N) is 1. The highest BCUT2D eigenvalue weighted by Crippen LogP contribution is 2.41. The van der Waals surface area contributed by atoms with Gasteiger partial charge >= 0.3 is 0 Å². The van der Waals surface area contributed by atoms with Gasteiger partial charge in [0, 0.05) is 19.3 Å². The monoisotopic (exact) mass is 229 g/mol. The van der Waals surface area contributed by atoms with Crippen molar-refractivity contribution in [2.24, 2.45) is 5.92 Å². The van der Waals surface area contributed by atoms with Crippen LogP contribution in [0.2, 0.25) is 0 Å². The maximum Gasteiger partial charge on any atom is 0.231 e. The molecule has 0 saturated carbocycles. The van der Waals surface area contributed by atoms with Gasteiger partial charge in [0.1, 0.15) is 0 Å². The van der Waals surface area contributed by atoms with Crippen LogP contribution in [0.1, 0.15) is 18.4 Å². The zero-order chi connectivity index (χ0) is 11.2. The van der Waals surface area contributed by atoms with Gasteiger partial charge in [-0.05, 0) is 42.0 Å². The van der Waals surface area contributed by atoms with E-state index < -0.39 is 0 Å². The van der Waals surface area contributed by atoms with E-state index in [1.165, 1.54) is 37.1 Å². The number of hydrogen-bond donors (Lipinski definition) is 0. The topological polar surface area (TPSA) is 21.7 Å². The molecule has 17 heavy (non-hydrogen) atoms. The Morgan fingerprint density at radius 2 is 1.88 bits per heavy atom. The number of ether oxygens (including phenoxy) is 2. The first kappa shape index (κ1) is 9.40. The van der Waals surface area contributed by atoms with Crippen LogP contribution in [0.25, 0.3) is 5.57 Å². The normalized spacial score (nSPS) is 21.9. The average Bonchev–Trinajstić information content (AvgIpc) is 2.87.